The van der Waals surface area contributed by atoms with E-state index in [1.807, 2.05) is 30.3 Å². The second-order valence-corrected chi connectivity index (χ2v) is 6.43. The van der Waals surface area contributed by atoms with Crippen LogP contribution in [0.5, 0.6) is 0 Å². The van der Waals surface area contributed by atoms with Crippen LogP contribution in [0.4, 0.5) is 10.1 Å². The van der Waals surface area contributed by atoms with Crippen LogP contribution in [-0.2, 0) is 0 Å². The van der Waals surface area contributed by atoms with Gasteiger partial charge in [-0.1, -0.05) is 23.7 Å². The lowest BCUT2D eigenvalue weighted by atomic mass is 10.0. The molecule has 0 heterocycles. The van der Waals surface area contributed by atoms with Gasteiger partial charge in [0.2, 0.25) is 0 Å². The van der Waals surface area contributed by atoms with Crippen molar-refractivity contribution in [3.63, 3.8) is 0 Å². The topological polar surface area (TPSA) is 12.0 Å². The summed E-state index contributed by atoms with van der Waals surface area (Å²) in [6, 6.07) is 13.2. The normalized spacial score (nSPS) is 15.9. The highest BCUT2D eigenvalue weighted by atomic mass is 79.9. The molecule has 0 bridgehead atoms. The van der Waals surface area contributed by atoms with E-state index in [2.05, 4.69) is 21.2 Å². The molecule has 1 aliphatic rings. The van der Waals surface area contributed by atoms with Gasteiger partial charge in [-0.3, -0.25) is 0 Å². The number of benzene rings is 2. The van der Waals surface area contributed by atoms with Gasteiger partial charge < -0.3 is 5.32 Å². The molecule has 1 atom stereocenters. The Labute approximate surface area is 131 Å². The Morgan fingerprint density at radius 2 is 1.85 bits per heavy atom. The van der Waals surface area contributed by atoms with Crippen LogP contribution in [0, 0.1) is 11.7 Å². The predicted molar refractivity (Wildman–Crippen MR) is 84.6 cm³/mol. The first-order valence-electron chi connectivity index (χ1n) is 6.60. The van der Waals surface area contributed by atoms with Crippen molar-refractivity contribution in [3.8, 4) is 0 Å². The third-order valence-electron chi connectivity index (χ3n) is 3.56. The molecule has 20 heavy (non-hydrogen) atoms. The highest BCUT2D eigenvalue weighted by Crippen LogP contribution is 2.43. The van der Waals surface area contributed by atoms with Gasteiger partial charge in [-0.2, -0.15) is 0 Å². The first kappa shape index (κ1) is 13.9. The van der Waals surface area contributed by atoms with E-state index in [-0.39, 0.29) is 11.9 Å². The monoisotopic (exact) mass is 353 g/mol. The summed E-state index contributed by atoms with van der Waals surface area (Å²) in [6.45, 7) is 0. The molecule has 0 spiro atoms. The van der Waals surface area contributed by atoms with Crippen LogP contribution in [0.25, 0.3) is 0 Å². The molecule has 3 rings (SSSR count). The van der Waals surface area contributed by atoms with E-state index >= 15 is 0 Å². The van der Waals surface area contributed by atoms with Crippen LogP contribution in [0.2, 0.25) is 5.02 Å². The fraction of sp³-hybridized carbons (Fsp3) is 0.250. The molecule has 1 saturated carbocycles. The maximum absolute atomic E-state index is 13.6. The maximum atomic E-state index is 13.6. The molecule has 4 heteroatoms. The van der Waals surface area contributed by atoms with Crippen LogP contribution in [0.3, 0.4) is 0 Å². The van der Waals surface area contributed by atoms with Gasteiger partial charge in [0, 0.05) is 10.7 Å². The smallest absolute Gasteiger partial charge is 0.139 e. The van der Waals surface area contributed by atoms with Gasteiger partial charge in [-0.15, -0.1) is 0 Å². The standard InChI is InChI=1S/C16H14BrClFN/c17-14-8-7-13(9-15(14)19)20-16(10-1-2-10)11-3-5-12(18)6-4-11/h3-10,16,20H,1-2H2. The van der Waals surface area contributed by atoms with Gasteiger partial charge >= 0.3 is 0 Å². The number of hydrogen-bond acceptors (Lipinski definition) is 1. The van der Waals surface area contributed by atoms with E-state index < -0.39 is 0 Å². The highest BCUT2D eigenvalue weighted by Gasteiger charge is 2.32. The second kappa shape index (κ2) is 5.74. The highest BCUT2D eigenvalue weighted by molar-refractivity contribution is 9.10. The Kier molecular flexibility index (Phi) is 3.99. The molecule has 0 amide bonds. The van der Waals surface area contributed by atoms with Crippen molar-refractivity contribution in [3.05, 3.63) is 63.3 Å². The zero-order chi connectivity index (χ0) is 14.1. The van der Waals surface area contributed by atoms with Crippen LogP contribution >= 0.6 is 27.5 Å². The number of halogens is 3. The van der Waals surface area contributed by atoms with E-state index in [4.69, 9.17) is 11.6 Å². The van der Waals surface area contributed by atoms with Crippen molar-refractivity contribution in [1.82, 2.24) is 0 Å². The largest absolute Gasteiger partial charge is 0.378 e. The van der Waals surface area contributed by atoms with Gasteiger partial charge in [0.1, 0.15) is 5.82 Å². The summed E-state index contributed by atoms with van der Waals surface area (Å²) in [7, 11) is 0. The Balaban J connectivity index is 1.84. The van der Waals surface area contributed by atoms with Crippen molar-refractivity contribution in [2.75, 3.05) is 5.32 Å². The molecule has 0 aliphatic heterocycles. The molecular formula is C16H14BrClFN. The zero-order valence-corrected chi connectivity index (χ0v) is 13.1. The van der Waals surface area contributed by atoms with E-state index in [1.165, 1.54) is 24.5 Å². The molecule has 2 aromatic carbocycles. The number of hydrogen-bond donors (Lipinski definition) is 1. The molecule has 2 aromatic rings. The molecule has 1 aliphatic carbocycles. The summed E-state index contributed by atoms with van der Waals surface area (Å²) in [6.07, 6.45) is 2.42. The van der Waals surface area contributed by atoms with Crippen molar-refractivity contribution in [1.29, 1.82) is 0 Å². The molecule has 0 radical (unpaired) electrons. The average molecular weight is 355 g/mol. The zero-order valence-electron chi connectivity index (χ0n) is 10.7. The summed E-state index contributed by atoms with van der Waals surface area (Å²) in [5.41, 5.74) is 2.00. The van der Waals surface area contributed by atoms with Gasteiger partial charge in [-0.25, -0.2) is 4.39 Å². The number of rotatable bonds is 4. The number of nitrogens with one attached hydrogen (secondary N) is 1. The van der Waals surface area contributed by atoms with Gasteiger partial charge in [0.05, 0.1) is 10.5 Å². The minimum Gasteiger partial charge on any atom is -0.378 e. The van der Waals surface area contributed by atoms with Crippen molar-refractivity contribution in [2.24, 2.45) is 5.92 Å². The first-order valence-corrected chi connectivity index (χ1v) is 7.77. The van der Waals surface area contributed by atoms with E-state index in [1.54, 1.807) is 6.07 Å². The summed E-state index contributed by atoms with van der Waals surface area (Å²) < 4.78 is 14.1. The van der Waals surface area contributed by atoms with Crippen molar-refractivity contribution >= 4 is 33.2 Å². The van der Waals surface area contributed by atoms with Gasteiger partial charge in [0.15, 0.2) is 0 Å². The Morgan fingerprint density at radius 3 is 2.45 bits per heavy atom. The van der Waals surface area contributed by atoms with Crippen molar-refractivity contribution in [2.45, 2.75) is 18.9 Å². The summed E-state index contributed by atoms with van der Waals surface area (Å²) in [4.78, 5) is 0. The van der Waals surface area contributed by atoms with Crippen LogP contribution in [0.1, 0.15) is 24.4 Å². The minimum atomic E-state index is -0.249. The molecule has 0 saturated heterocycles. The SMILES string of the molecule is Fc1cc(NC(c2ccc(Cl)cc2)C2CC2)ccc1Br. The maximum Gasteiger partial charge on any atom is 0.139 e. The second-order valence-electron chi connectivity index (χ2n) is 5.14. The van der Waals surface area contributed by atoms with E-state index in [0.717, 1.165) is 10.7 Å². The summed E-state index contributed by atoms with van der Waals surface area (Å²) >= 11 is 9.11. The lowest BCUT2D eigenvalue weighted by Crippen LogP contribution is -2.13. The van der Waals surface area contributed by atoms with Crippen molar-refractivity contribution < 1.29 is 4.39 Å². The van der Waals surface area contributed by atoms with Gasteiger partial charge in [0.25, 0.3) is 0 Å². The van der Waals surface area contributed by atoms with Crippen LogP contribution in [0.15, 0.2) is 46.9 Å². The summed E-state index contributed by atoms with van der Waals surface area (Å²) in [5, 5.41) is 4.18. The Hall–Kier alpha value is -1.06. The average Bonchev–Trinajstić information content (AvgIpc) is 3.26. The van der Waals surface area contributed by atoms with Gasteiger partial charge in [-0.05, 0) is 70.6 Å². The molecular weight excluding hydrogens is 341 g/mol. The molecule has 104 valence electrons. The van der Waals surface area contributed by atoms with Crippen LogP contribution < -0.4 is 5.32 Å². The third kappa shape index (κ3) is 3.15. The Bertz CT molecular complexity index is 610. The Morgan fingerprint density at radius 1 is 1.15 bits per heavy atom. The predicted octanol–water partition coefficient (Wildman–Crippen LogP) is 5.80. The van der Waals surface area contributed by atoms with E-state index in [0.29, 0.717) is 10.4 Å². The molecule has 1 nitrogen and oxygen atoms in total. The number of anilines is 1. The quantitative estimate of drug-likeness (QED) is 0.731. The first-order chi connectivity index (χ1) is 9.63. The fourth-order valence-electron chi connectivity index (χ4n) is 2.34. The molecule has 1 fully saturated rings. The van der Waals surface area contributed by atoms with Crippen LogP contribution in [-0.4, -0.2) is 0 Å². The molecule has 0 aromatic heterocycles. The molecule has 1 N–H and O–H groups in total. The fourth-order valence-corrected chi connectivity index (χ4v) is 2.71. The summed E-state index contributed by atoms with van der Waals surface area (Å²) in [5.74, 6) is 0.364. The lowest BCUT2D eigenvalue weighted by Gasteiger charge is -2.20. The van der Waals surface area contributed by atoms with E-state index in [9.17, 15) is 4.39 Å². The lowest BCUT2D eigenvalue weighted by molar-refractivity contribution is 0.619. The third-order valence-corrected chi connectivity index (χ3v) is 4.46. The minimum absolute atomic E-state index is 0.216. The molecule has 1 unspecified atom stereocenters.